The largest absolute Gasteiger partial charge is 0.207 e. The van der Waals surface area contributed by atoms with Crippen molar-refractivity contribution < 1.29 is 8.78 Å². The highest BCUT2D eigenvalue weighted by Gasteiger charge is 2.12. The molecular formula is C15H16F2. The van der Waals surface area contributed by atoms with Crippen LogP contribution < -0.4 is 0 Å². The summed E-state index contributed by atoms with van der Waals surface area (Å²) in [5.74, 6) is -0.908. The van der Waals surface area contributed by atoms with E-state index in [1.54, 1.807) is 0 Å². The third kappa shape index (κ3) is 3.02. The molecule has 0 fully saturated rings. The van der Waals surface area contributed by atoms with Crippen LogP contribution in [0.5, 0.6) is 0 Å². The molecule has 2 heteroatoms. The molecule has 0 radical (unpaired) electrons. The van der Waals surface area contributed by atoms with Crippen molar-refractivity contribution in [3.05, 3.63) is 59.2 Å². The zero-order valence-corrected chi connectivity index (χ0v) is 9.92. The van der Waals surface area contributed by atoms with Gasteiger partial charge in [-0.15, -0.1) is 0 Å². The first-order valence-corrected chi connectivity index (χ1v) is 6.02. The topological polar surface area (TPSA) is 0 Å². The molecule has 0 N–H and O–H groups in total. The fraction of sp³-hybridized carbons (Fsp3) is 0.333. The van der Waals surface area contributed by atoms with E-state index in [4.69, 9.17) is 0 Å². The Morgan fingerprint density at radius 2 is 1.88 bits per heavy atom. The molecular weight excluding hydrogens is 218 g/mol. The predicted octanol–water partition coefficient (Wildman–Crippen LogP) is 4.73. The van der Waals surface area contributed by atoms with E-state index in [0.29, 0.717) is 5.56 Å². The van der Waals surface area contributed by atoms with Gasteiger partial charge in [0.1, 0.15) is 11.6 Å². The molecule has 1 aromatic carbocycles. The lowest BCUT2D eigenvalue weighted by atomic mass is 9.89. The van der Waals surface area contributed by atoms with Gasteiger partial charge >= 0.3 is 0 Å². The second-order valence-electron chi connectivity index (χ2n) is 4.43. The maximum Gasteiger partial charge on any atom is 0.126 e. The van der Waals surface area contributed by atoms with Crippen LogP contribution in [-0.4, -0.2) is 0 Å². The summed E-state index contributed by atoms with van der Waals surface area (Å²) in [6, 6.07) is 3.74. The molecule has 0 nitrogen and oxygen atoms in total. The number of benzene rings is 1. The zero-order valence-electron chi connectivity index (χ0n) is 9.92. The summed E-state index contributed by atoms with van der Waals surface area (Å²) >= 11 is 0. The molecule has 1 unspecified atom stereocenters. The number of rotatable bonds is 3. The van der Waals surface area contributed by atoms with Crippen LogP contribution >= 0.6 is 0 Å². The van der Waals surface area contributed by atoms with Gasteiger partial charge in [-0.3, -0.25) is 0 Å². The Bertz CT molecular complexity index is 438. The van der Waals surface area contributed by atoms with E-state index in [-0.39, 0.29) is 5.92 Å². The van der Waals surface area contributed by atoms with Crippen molar-refractivity contribution in [2.75, 3.05) is 0 Å². The van der Waals surface area contributed by atoms with Gasteiger partial charge in [0, 0.05) is 12.0 Å². The molecule has 0 heterocycles. The van der Waals surface area contributed by atoms with Gasteiger partial charge in [-0.2, -0.15) is 0 Å². The van der Waals surface area contributed by atoms with Crippen LogP contribution in [0.2, 0.25) is 0 Å². The van der Waals surface area contributed by atoms with Crippen molar-refractivity contribution in [3.63, 3.8) is 0 Å². The molecule has 1 aliphatic carbocycles. The fourth-order valence-electron chi connectivity index (χ4n) is 2.18. The molecule has 90 valence electrons. The van der Waals surface area contributed by atoms with Gasteiger partial charge in [0.2, 0.25) is 0 Å². The third-order valence-corrected chi connectivity index (χ3v) is 3.03. The highest BCUT2D eigenvalue weighted by molar-refractivity contribution is 5.33. The van der Waals surface area contributed by atoms with Crippen LogP contribution in [-0.2, 0) is 0 Å². The average Bonchev–Trinajstić information content (AvgIpc) is 2.29. The highest BCUT2D eigenvalue weighted by Crippen LogP contribution is 2.28. The molecule has 1 aliphatic rings. The van der Waals surface area contributed by atoms with Crippen molar-refractivity contribution in [1.82, 2.24) is 0 Å². The minimum absolute atomic E-state index is 0.0980. The first kappa shape index (κ1) is 12.0. The molecule has 0 saturated heterocycles. The molecule has 0 saturated carbocycles. The van der Waals surface area contributed by atoms with Crippen LogP contribution in [0.25, 0.3) is 0 Å². The van der Waals surface area contributed by atoms with Crippen LogP contribution in [0.15, 0.2) is 42.0 Å². The second kappa shape index (κ2) is 5.26. The molecule has 0 spiro atoms. The molecule has 0 aliphatic heterocycles. The Morgan fingerprint density at radius 1 is 1.18 bits per heavy atom. The monoisotopic (exact) mass is 234 g/mol. The van der Waals surface area contributed by atoms with E-state index < -0.39 is 11.6 Å². The standard InChI is InChI=1S/C15H16F2/c1-2-3-11-4-6-12(7-5-11)13-8-14(16)10-15(17)9-13/h4-6,8-10,12H,2-3,7H2,1H3. The lowest BCUT2D eigenvalue weighted by molar-refractivity contribution is 0.577. The minimum atomic E-state index is -0.503. The summed E-state index contributed by atoms with van der Waals surface area (Å²) in [4.78, 5) is 0. The van der Waals surface area contributed by atoms with Gasteiger partial charge in [0.15, 0.2) is 0 Å². The SMILES string of the molecule is CCCC1=CCC(c2cc(F)cc(F)c2)C=C1. The Kier molecular flexibility index (Phi) is 3.72. The summed E-state index contributed by atoms with van der Waals surface area (Å²) in [7, 11) is 0. The molecule has 1 aromatic rings. The Labute approximate surface area is 101 Å². The normalized spacial score (nSPS) is 19.2. The summed E-state index contributed by atoms with van der Waals surface area (Å²) in [5, 5.41) is 0. The molecule has 17 heavy (non-hydrogen) atoms. The third-order valence-electron chi connectivity index (χ3n) is 3.03. The molecule has 2 rings (SSSR count). The van der Waals surface area contributed by atoms with Crippen molar-refractivity contribution in [3.8, 4) is 0 Å². The number of hydrogen-bond acceptors (Lipinski definition) is 0. The van der Waals surface area contributed by atoms with Gasteiger partial charge in [0.25, 0.3) is 0 Å². The molecule has 1 atom stereocenters. The van der Waals surface area contributed by atoms with Gasteiger partial charge in [0.05, 0.1) is 0 Å². The summed E-state index contributed by atoms with van der Waals surface area (Å²) < 4.78 is 26.2. The van der Waals surface area contributed by atoms with Crippen molar-refractivity contribution in [2.45, 2.75) is 32.1 Å². The van der Waals surface area contributed by atoms with Crippen molar-refractivity contribution in [1.29, 1.82) is 0 Å². The van der Waals surface area contributed by atoms with E-state index in [1.165, 1.54) is 17.7 Å². The van der Waals surface area contributed by atoms with Crippen LogP contribution in [0.4, 0.5) is 8.78 Å². The minimum Gasteiger partial charge on any atom is -0.207 e. The maximum atomic E-state index is 13.1. The summed E-state index contributed by atoms with van der Waals surface area (Å²) in [6.07, 6.45) is 9.29. The van der Waals surface area contributed by atoms with E-state index >= 15 is 0 Å². The van der Waals surface area contributed by atoms with Crippen LogP contribution in [0.1, 0.15) is 37.7 Å². The summed E-state index contributed by atoms with van der Waals surface area (Å²) in [6.45, 7) is 2.14. The maximum absolute atomic E-state index is 13.1. The first-order valence-electron chi connectivity index (χ1n) is 6.02. The fourth-order valence-corrected chi connectivity index (χ4v) is 2.18. The number of hydrogen-bond donors (Lipinski definition) is 0. The Morgan fingerprint density at radius 3 is 2.41 bits per heavy atom. The van der Waals surface area contributed by atoms with Gasteiger partial charge in [-0.1, -0.05) is 37.1 Å². The van der Waals surface area contributed by atoms with Crippen LogP contribution in [0, 0.1) is 11.6 Å². The number of allylic oxidation sites excluding steroid dienone is 4. The average molecular weight is 234 g/mol. The smallest absolute Gasteiger partial charge is 0.126 e. The van der Waals surface area contributed by atoms with Crippen molar-refractivity contribution in [2.24, 2.45) is 0 Å². The lowest BCUT2D eigenvalue weighted by Crippen LogP contribution is -2.00. The van der Waals surface area contributed by atoms with Crippen LogP contribution in [0.3, 0.4) is 0 Å². The van der Waals surface area contributed by atoms with Gasteiger partial charge in [-0.25, -0.2) is 8.78 Å². The van der Waals surface area contributed by atoms with E-state index in [0.717, 1.165) is 25.3 Å². The second-order valence-corrected chi connectivity index (χ2v) is 4.43. The number of halogens is 2. The first-order chi connectivity index (χ1) is 8.19. The highest BCUT2D eigenvalue weighted by atomic mass is 19.1. The molecule has 0 aromatic heterocycles. The Balaban J connectivity index is 2.13. The van der Waals surface area contributed by atoms with Crippen molar-refractivity contribution >= 4 is 0 Å². The lowest BCUT2D eigenvalue weighted by Gasteiger charge is -2.16. The molecule has 0 amide bonds. The molecule has 0 bridgehead atoms. The Hall–Kier alpha value is -1.44. The van der Waals surface area contributed by atoms with Gasteiger partial charge in [-0.05, 0) is 30.5 Å². The van der Waals surface area contributed by atoms with Gasteiger partial charge < -0.3 is 0 Å². The quantitative estimate of drug-likeness (QED) is 0.709. The summed E-state index contributed by atoms with van der Waals surface area (Å²) in [5.41, 5.74) is 2.03. The predicted molar refractivity (Wildman–Crippen MR) is 65.8 cm³/mol. The van der Waals surface area contributed by atoms with E-state index in [1.807, 2.05) is 6.08 Å². The zero-order chi connectivity index (χ0) is 12.3. The van der Waals surface area contributed by atoms with E-state index in [2.05, 4.69) is 19.1 Å². The van der Waals surface area contributed by atoms with E-state index in [9.17, 15) is 8.78 Å².